The van der Waals surface area contributed by atoms with Gasteiger partial charge in [-0.25, -0.2) is 0 Å². The van der Waals surface area contributed by atoms with Crippen LogP contribution in [0.4, 0.5) is 0 Å². The summed E-state index contributed by atoms with van der Waals surface area (Å²) >= 11 is 0. The molecule has 1 saturated heterocycles. The smallest absolute Gasteiger partial charge is 0.0502 e. The molecule has 0 aromatic heterocycles. The van der Waals surface area contributed by atoms with E-state index in [1.54, 1.807) is 6.04 Å². The van der Waals surface area contributed by atoms with Crippen molar-refractivity contribution in [2.45, 2.75) is 50.9 Å². The molecule has 0 bridgehead atoms. The molecule has 0 amide bonds. The van der Waals surface area contributed by atoms with Gasteiger partial charge >= 0.3 is 0 Å². The molecule has 0 spiro atoms. The molecule has 1 unspecified atom stereocenters. The summed E-state index contributed by atoms with van der Waals surface area (Å²) < 4.78 is 0. The summed E-state index contributed by atoms with van der Waals surface area (Å²) in [6, 6.07) is 1.58. The Balaban J connectivity index is 0. The summed E-state index contributed by atoms with van der Waals surface area (Å²) in [6.07, 6.45) is 4.53. The predicted octanol–water partition coefficient (Wildman–Crippen LogP) is 3.72. The minimum absolute atomic E-state index is 0. The van der Waals surface area contributed by atoms with Crippen molar-refractivity contribution < 1.29 is 32.7 Å². The molecule has 1 fully saturated rings. The minimum Gasteiger partial charge on any atom is -0.358 e. The van der Waals surface area contributed by atoms with Gasteiger partial charge < -0.3 is 7.43 Å². The van der Waals surface area contributed by atoms with Gasteiger partial charge in [0, 0.05) is 32.7 Å². The van der Waals surface area contributed by atoms with Crippen LogP contribution in [0.25, 0.3) is 0 Å². The van der Waals surface area contributed by atoms with E-state index in [9.17, 15) is 0 Å². The van der Waals surface area contributed by atoms with E-state index in [2.05, 4.69) is 20.0 Å². The van der Waals surface area contributed by atoms with Gasteiger partial charge in [-0.1, -0.05) is 45.3 Å². The third-order valence-electron chi connectivity index (χ3n) is 3.04. The summed E-state index contributed by atoms with van der Waals surface area (Å²) in [5.74, 6) is 0. The third-order valence-corrected chi connectivity index (χ3v) is 7.64. The zero-order valence-corrected chi connectivity index (χ0v) is 12.3. The molecule has 0 aromatic rings. The Labute approximate surface area is 98.4 Å². The van der Waals surface area contributed by atoms with E-state index in [0.717, 1.165) is 5.54 Å². The molecular weight excluding hydrogens is 225 g/mol. The Morgan fingerprint density at radius 2 is 1.73 bits per heavy atom. The van der Waals surface area contributed by atoms with Crippen molar-refractivity contribution in [3.8, 4) is 0 Å². The Morgan fingerprint density at radius 1 is 1.18 bits per heavy atom. The van der Waals surface area contributed by atoms with Gasteiger partial charge in [-0.15, -0.1) is 0 Å². The molecule has 1 heterocycles. The molecule has 1 atom stereocenters. The number of rotatable bonds is 0. The van der Waals surface area contributed by atoms with E-state index in [4.69, 9.17) is 0 Å². The Hall–Kier alpha value is 1.32. The van der Waals surface area contributed by atoms with Crippen LogP contribution in [-0.4, -0.2) is 8.07 Å². The van der Waals surface area contributed by atoms with Crippen LogP contribution in [-0.2, 0) is 32.7 Å². The van der Waals surface area contributed by atoms with Crippen LogP contribution >= 0.6 is 0 Å². The van der Waals surface area contributed by atoms with E-state index in [0.29, 0.717) is 0 Å². The van der Waals surface area contributed by atoms with Gasteiger partial charge in [-0.3, -0.25) is 0 Å². The number of hydrogen-bond donors (Lipinski definition) is 0. The first kappa shape index (κ1) is 14.8. The fourth-order valence-corrected chi connectivity index (χ4v) is 4.31. The van der Waals surface area contributed by atoms with E-state index in [-0.39, 0.29) is 40.1 Å². The van der Waals surface area contributed by atoms with Crippen molar-refractivity contribution >= 4 is 8.07 Å². The van der Waals surface area contributed by atoms with Gasteiger partial charge in [-0.2, -0.15) is 0 Å². The van der Waals surface area contributed by atoms with Gasteiger partial charge in [0.25, 0.3) is 0 Å². The van der Waals surface area contributed by atoms with Crippen LogP contribution in [0.5, 0.6) is 0 Å². The second kappa shape index (κ2) is 5.88. The summed E-state index contributed by atoms with van der Waals surface area (Å²) in [5.41, 5.74) is 1.09. The molecule has 0 N–H and O–H groups in total. The molecule has 0 saturated carbocycles. The average Bonchev–Trinajstić information content (AvgIpc) is 1.77. The summed E-state index contributed by atoms with van der Waals surface area (Å²) in [6.45, 7) is 7.53. The SMILES string of the molecule is CC1CCCC[Si]1(C)C.[CH3-].[Y]. The van der Waals surface area contributed by atoms with E-state index in [1.165, 1.54) is 19.3 Å². The van der Waals surface area contributed by atoms with Gasteiger partial charge in [0.1, 0.15) is 0 Å². The van der Waals surface area contributed by atoms with Crippen LogP contribution in [0, 0.1) is 7.43 Å². The maximum Gasteiger partial charge on any atom is 0.0502 e. The standard InChI is InChI=1S/C8H18Si.CH3.Y/c1-8-6-4-5-7-9(8,2)3;;/h8H,4-7H2,1-3H3;1H3;/q;-1;. The molecule has 1 aliphatic heterocycles. The molecule has 11 heavy (non-hydrogen) atoms. The molecule has 0 aliphatic carbocycles. The molecule has 1 rings (SSSR count). The zero-order chi connectivity index (χ0) is 6.91. The monoisotopic (exact) mass is 246 g/mol. The van der Waals surface area contributed by atoms with Crippen LogP contribution in [0.3, 0.4) is 0 Å². The minimum atomic E-state index is -0.694. The Kier molecular flexibility index (Phi) is 7.92. The molecule has 65 valence electrons. The van der Waals surface area contributed by atoms with Crippen LogP contribution in [0.1, 0.15) is 26.2 Å². The van der Waals surface area contributed by atoms with E-state index < -0.39 is 8.07 Å². The maximum absolute atomic E-state index is 2.54. The van der Waals surface area contributed by atoms with Crippen LogP contribution < -0.4 is 0 Å². The fourth-order valence-electron chi connectivity index (χ4n) is 1.67. The van der Waals surface area contributed by atoms with Gasteiger partial charge in [0.05, 0.1) is 8.07 Å². The quantitative estimate of drug-likeness (QED) is 0.451. The largest absolute Gasteiger partial charge is 0.358 e. The fraction of sp³-hybridized carbons (Fsp3) is 0.889. The Morgan fingerprint density at radius 3 is 2.00 bits per heavy atom. The van der Waals surface area contributed by atoms with Crippen molar-refractivity contribution in [1.82, 2.24) is 0 Å². The normalized spacial score (nSPS) is 28.1. The van der Waals surface area contributed by atoms with Crippen molar-refractivity contribution in [3.05, 3.63) is 7.43 Å². The first-order valence-corrected chi connectivity index (χ1v) is 7.41. The van der Waals surface area contributed by atoms with Crippen molar-refractivity contribution in [2.24, 2.45) is 0 Å². The van der Waals surface area contributed by atoms with Crippen molar-refractivity contribution in [1.29, 1.82) is 0 Å². The van der Waals surface area contributed by atoms with E-state index >= 15 is 0 Å². The van der Waals surface area contributed by atoms with Crippen molar-refractivity contribution in [3.63, 3.8) is 0 Å². The van der Waals surface area contributed by atoms with Crippen LogP contribution in [0.15, 0.2) is 0 Å². The molecule has 2 heteroatoms. The molecule has 1 radical (unpaired) electrons. The third kappa shape index (κ3) is 4.19. The van der Waals surface area contributed by atoms with Gasteiger partial charge in [0.2, 0.25) is 0 Å². The topological polar surface area (TPSA) is 0 Å². The average molecular weight is 246 g/mol. The van der Waals surface area contributed by atoms with Crippen LogP contribution in [0.2, 0.25) is 24.7 Å². The molecule has 0 aromatic carbocycles. The zero-order valence-electron chi connectivity index (χ0n) is 8.48. The molecular formula is C9H21SiY-. The van der Waals surface area contributed by atoms with Crippen molar-refractivity contribution in [2.75, 3.05) is 0 Å². The number of hydrogen-bond acceptors (Lipinski definition) is 0. The van der Waals surface area contributed by atoms with Gasteiger partial charge in [-0.05, 0) is 5.54 Å². The first-order valence-electron chi connectivity index (χ1n) is 4.13. The van der Waals surface area contributed by atoms with E-state index in [1.807, 2.05) is 0 Å². The summed E-state index contributed by atoms with van der Waals surface area (Å²) in [7, 11) is -0.694. The second-order valence-corrected chi connectivity index (χ2v) is 9.60. The molecule has 0 nitrogen and oxygen atoms in total. The first-order chi connectivity index (χ1) is 4.13. The summed E-state index contributed by atoms with van der Waals surface area (Å²) in [5, 5.41) is 0. The molecule has 1 aliphatic rings. The van der Waals surface area contributed by atoms with Gasteiger partial charge in [0.15, 0.2) is 0 Å². The maximum atomic E-state index is 2.54. The second-order valence-electron chi connectivity index (χ2n) is 4.14. The Bertz CT molecular complexity index is 102. The predicted molar refractivity (Wildman–Crippen MR) is 52.0 cm³/mol. The summed E-state index contributed by atoms with van der Waals surface area (Å²) in [4.78, 5) is 0.